The predicted octanol–water partition coefficient (Wildman–Crippen LogP) is 1.24. The van der Waals surface area contributed by atoms with Crippen molar-refractivity contribution in [1.29, 1.82) is 0 Å². The van der Waals surface area contributed by atoms with Crippen molar-refractivity contribution in [2.24, 2.45) is 0 Å². The number of nitro groups is 1. The number of phenols is 1. The molecule has 0 atom stereocenters. The molecule has 0 heterocycles. The highest BCUT2D eigenvalue weighted by Gasteiger charge is 2.09. The Morgan fingerprint density at radius 1 is 1.57 bits per heavy atom. The average molecular weight is 197 g/mol. The van der Waals surface area contributed by atoms with Crippen molar-refractivity contribution >= 4 is 11.4 Å². The number of hydrogen-bond donors (Lipinski definition) is 3. The van der Waals surface area contributed by atoms with Gasteiger partial charge >= 0.3 is 0 Å². The number of non-ortho nitro benzene ring substituents is 1. The quantitative estimate of drug-likeness (QED) is 0.384. The molecule has 0 aromatic heterocycles. The number of nitrogens with one attached hydrogen (secondary N) is 2. The van der Waals surface area contributed by atoms with Crippen molar-refractivity contribution in [2.75, 3.05) is 12.0 Å². The number of phenolic OH excluding ortho intramolecular Hbond substituents is 1. The maximum absolute atomic E-state index is 10.4. The van der Waals surface area contributed by atoms with Crippen LogP contribution < -0.4 is 10.9 Å². The van der Waals surface area contributed by atoms with Crippen LogP contribution in [-0.4, -0.2) is 16.6 Å². The van der Waals surface area contributed by atoms with E-state index in [2.05, 4.69) is 10.9 Å². The van der Waals surface area contributed by atoms with Crippen LogP contribution in [0.25, 0.3) is 0 Å². The molecule has 76 valence electrons. The van der Waals surface area contributed by atoms with Crippen LogP contribution in [0.4, 0.5) is 11.4 Å². The first-order chi connectivity index (χ1) is 6.65. The van der Waals surface area contributed by atoms with Crippen molar-refractivity contribution in [3.8, 4) is 5.75 Å². The lowest BCUT2D eigenvalue weighted by atomic mass is 10.2. The lowest BCUT2D eigenvalue weighted by Gasteiger charge is -2.07. The van der Waals surface area contributed by atoms with Gasteiger partial charge in [0.1, 0.15) is 5.75 Å². The van der Waals surface area contributed by atoms with Gasteiger partial charge in [-0.1, -0.05) is 6.92 Å². The molecule has 6 heteroatoms. The molecule has 0 amide bonds. The molecule has 6 nitrogen and oxygen atoms in total. The first-order valence-corrected chi connectivity index (χ1v) is 4.11. The highest BCUT2D eigenvalue weighted by atomic mass is 16.6. The molecule has 0 radical (unpaired) electrons. The summed E-state index contributed by atoms with van der Waals surface area (Å²) in [4.78, 5) is 9.90. The first kappa shape index (κ1) is 10.3. The molecular weight excluding hydrogens is 186 g/mol. The smallest absolute Gasteiger partial charge is 0.271 e. The fraction of sp³-hybridized carbons (Fsp3) is 0.250. The molecule has 0 saturated carbocycles. The minimum absolute atomic E-state index is 0.0310. The summed E-state index contributed by atoms with van der Waals surface area (Å²) in [5.41, 5.74) is 5.62. The standard InChI is InChI=1S/C8H11N3O3/c1-2-9-10-7-5-6(11(13)14)3-4-8(7)12/h3-5,9-10,12H,2H2,1H3. The molecule has 0 aliphatic carbocycles. The molecule has 1 rings (SSSR count). The van der Waals surface area contributed by atoms with Crippen molar-refractivity contribution < 1.29 is 10.0 Å². The molecule has 3 N–H and O–H groups in total. The van der Waals surface area contributed by atoms with Gasteiger partial charge in [-0.2, -0.15) is 0 Å². The van der Waals surface area contributed by atoms with Crippen LogP contribution in [0.1, 0.15) is 6.92 Å². The Hall–Kier alpha value is -1.82. The number of aromatic hydroxyl groups is 1. The van der Waals surface area contributed by atoms with Crippen LogP contribution in [0.3, 0.4) is 0 Å². The Bertz CT molecular complexity index is 341. The second-order valence-electron chi connectivity index (χ2n) is 2.61. The maximum Gasteiger partial charge on any atom is 0.271 e. The number of anilines is 1. The zero-order chi connectivity index (χ0) is 10.6. The Kier molecular flexibility index (Phi) is 3.24. The third-order valence-corrected chi connectivity index (χ3v) is 1.59. The van der Waals surface area contributed by atoms with E-state index in [9.17, 15) is 15.2 Å². The minimum atomic E-state index is -0.517. The Labute approximate surface area is 80.7 Å². The summed E-state index contributed by atoms with van der Waals surface area (Å²) in [5.74, 6) is -0.0310. The molecule has 0 aliphatic rings. The van der Waals surface area contributed by atoms with E-state index in [0.29, 0.717) is 12.2 Å². The predicted molar refractivity (Wildman–Crippen MR) is 52.1 cm³/mol. The zero-order valence-corrected chi connectivity index (χ0v) is 7.65. The second kappa shape index (κ2) is 4.43. The molecule has 0 spiro atoms. The van der Waals surface area contributed by atoms with Crippen molar-refractivity contribution in [1.82, 2.24) is 5.43 Å². The van der Waals surface area contributed by atoms with Crippen LogP contribution in [0.2, 0.25) is 0 Å². The number of nitrogens with zero attached hydrogens (tertiary/aromatic N) is 1. The van der Waals surface area contributed by atoms with Crippen LogP contribution >= 0.6 is 0 Å². The Morgan fingerprint density at radius 3 is 2.86 bits per heavy atom. The van der Waals surface area contributed by atoms with Crippen LogP contribution in [0.15, 0.2) is 18.2 Å². The van der Waals surface area contributed by atoms with Crippen LogP contribution in [0, 0.1) is 10.1 Å². The average Bonchev–Trinajstić information content (AvgIpc) is 2.16. The molecule has 14 heavy (non-hydrogen) atoms. The minimum Gasteiger partial charge on any atom is -0.506 e. The van der Waals surface area contributed by atoms with Gasteiger partial charge in [-0.05, 0) is 6.07 Å². The van der Waals surface area contributed by atoms with Gasteiger partial charge in [0, 0.05) is 18.7 Å². The summed E-state index contributed by atoms with van der Waals surface area (Å²) in [6.07, 6.45) is 0. The largest absolute Gasteiger partial charge is 0.506 e. The maximum atomic E-state index is 10.4. The van der Waals surface area contributed by atoms with Gasteiger partial charge in [0.25, 0.3) is 5.69 Å². The van der Waals surface area contributed by atoms with Crippen molar-refractivity contribution in [3.05, 3.63) is 28.3 Å². The lowest BCUT2D eigenvalue weighted by Crippen LogP contribution is -2.20. The molecular formula is C8H11N3O3. The fourth-order valence-electron chi connectivity index (χ4n) is 0.921. The fourth-order valence-corrected chi connectivity index (χ4v) is 0.921. The normalized spacial score (nSPS) is 9.79. The highest BCUT2D eigenvalue weighted by molar-refractivity contribution is 5.60. The van der Waals surface area contributed by atoms with E-state index in [1.807, 2.05) is 6.92 Å². The number of rotatable bonds is 4. The molecule has 1 aromatic rings. The van der Waals surface area contributed by atoms with E-state index in [0.717, 1.165) is 0 Å². The van der Waals surface area contributed by atoms with Gasteiger partial charge in [-0.3, -0.25) is 10.1 Å². The summed E-state index contributed by atoms with van der Waals surface area (Å²) in [6.45, 7) is 2.50. The third-order valence-electron chi connectivity index (χ3n) is 1.59. The summed E-state index contributed by atoms with van der Waals surface area (Å²) >= 11 is 0. The number of hydrogen-bond acceptors (Lipinski definition) is 5. The molecule has 0 bridgehead atoms. The highest BCUT2D eigenvalue weighted by Crippen LogP contribution is 2.26. The van der Waals surface area contributed by atoms with Crippen LogP contribution in [0.5, 0.6) is 5.75 Å². The van der Waals surface area contributed by atoms with E-state index in [1.165, 1.54) is 18.2 Å². The Balaban J connectivity index is 2.90. The van der Waals surface area contributed by atoms with E-state index in [1.54, 1.807) is 0 Å². The van der Waals surface area contributed by atoms with E-state index in [-0.39, 0.29) is 11.4 Å². The third kappa shape index (κ3) is 2.33. The van der Waals surface area contributed by atoms with Crippen molar-refractivity contribution in [3.63, 3.8) is 0 Å². The summed E-state index contributed by atoms with van der Waals surface area (Å²) in [7, 11) is 0. The van der Waals surface area contributed by atoms with E-state index < -0.39 is 4.92 Å². The van der Waals surface area contributed by atoms with Gasteiger partial charge in [-0.25, -0.2) is 5.43 Å². The SMILES string of the molecule is CCNNc1cc([N+](=O)[O-])ccc1O. The monoisotopic (exact) mass is 197 g/mol. The molecule has 0 unspecified atom stereocenters. The van der Waals surface area contributed by atoms with Gasteiger partial charge in [0.05, 0.1) is 10.6 Å². The zero-order valence-electron chi connectivity index (χ0n) is 7.65. The first-order valence-electron chi connectivity index (χ1n) is 4.11. The van der Waals surface area contributed by atoms with Gasteiger partial charge in [-0.15, -0.1) is 0 Å². The van der Waals surface area contributed by atoms with Gasteiger partial charge in [0.15, 0.2) is 0 Å². The summed E-state index contributed by atoms with van der Waals surface area (Å²) in [6, 6.07) is 3.78. The molecule has 1 aromatic carbocycles. The van der Waals surface area contributed by atoms with Gasteiger partial charge < -0.3 is 10.5 Å². The number of hydrazine groups is 1. The summed E-state index contributed by atoms with van der Waals surface area (Å²) in [5, 5.41) is 19.7. The van der Waals surface area contributed by atoms with Gasteiger partial charge in [0.2, 0.25) is 0 Å². The summed E-state index contributed by atoms with van der Waals surface area (Å²) < 4.78 is 0. The van der Waals surface area contributed by atoms with Crippen molar-refractivity contribution in [2.45, 2.75) is 6.92 Å². The lowest BCUT2D eigenvalue weighted by molar-refractivity contribution is -0.384. The van der Waals surface area contributed by atoms with E-state index >= 15 is 0 Å². The number of benzene rings is 1. The Morgan fingerprint density at radius 2 is 2.29 bits per heavy atom. The molecule has 0 fully saturated rings. The van der Waals surface area contributed by atoms with Crippen LogP contribution in [-0.2, 0) is 0 Å². The molecule has 0 saturated heterocycles. The topological polar surface area (TPSA) is 87.4 Å². The second-order valence-corrected chi connectivity index (χ2v) is 2.61. The number of nitro benzene ring substituents is 1. The molecule has 0 aliphatic heterocycles. The van der Waals surface area contributed by atoms with E-state index in [4.69, 9.17) is 0 Å².